The third-order valence-electron chi connectivity index (χ3n) is 1.32. The Morgan fingerprint density at radius 3 is 2.27 bits per heavy atom. The zero-order valence-electron chi connectivity index (χ0n) is 6.75. The van der Waals surface area contributed by atoms with Crippen molar-refractivity contribution < 1.29 is 10.0 Å². The first kappa shape index (κ1) is 10.2. The minimum atomic E-state index is -1.46. The van der Waals surface area contributed by atoms with Crippen LogP contribution in [-0.2, 0) is 0 Å². The fraction of sp³-hybridized carbons (Fsp3) is 0.250. The third-order valence-corrected chi connectivity index (χ3v) is 1.32. The number of hydrogen-bond donors (Lipinski definition) is 2. The van der Waals surface area contributed by atoms with Crippen LogP contribution in [-0.4, -0.2) is 17.2 Å². The number of rotatable bonds is 4. The van der Waals surface area contributed by atoms with Crippen molar-refractivity contribution >= 4 is 7.12 Å². The Morgan fingerprint density at radius 1 is 1.36 bits per heavy atom. The minimum Gasteiger partial charge on any atom is -0.423 e. The Kier molecular flexibility index (Phi) is 4.58. The molecular weight excluding hydrogens is 139 g/mol. The molecule has 0 aromatic carbocycles. The number of allylic oxidation sites excluding steroid dienone is 4. The molecule has 0 aromatic rings. The second-order valence-electron chi connectivity index (χ2n) is 2.29. The maximum absolute atomic E-state index is 8.58. The van der Waals surface area contributed by atoms with Crippen LogP contribution in [0.4, 0.5) is 0 Å². The molecular formula is C8H13BO2. The van der Waals surface area contributed by atoms with Gasteiger partial charge in [0.1, 0.15) is 0 Å². The average Bonchev–Trinajstić information content (AvgIpc) is 1.99. The van der Waals surface area contributed by atoms with E-state index >= 15 is 0 Å². The van der Waals surface area contributed by atoms with E-state index in [1.54, 1.807) is 12.2 Å². The van der Waals surface area contributed by atoms with Gasteiger partial charge < -0.3 is 10.0 Å². The first-order valence-corrected chi connectivity index (χ1v) is 3.48. The molecule has 11 heavy (non-hydrogen) atoms. The highest BCUT2D eigenvalue weighted by Crippen LogP contribution is 2.01. The summed E-state index contributed by atoms with van der Waals surface area (Å²) in [7, 11) is -1.46. The lowest BCUT2D eigenvalue weighted by Gasteiger charge is -1.96. The molecule has 0 radical (unpaired) electrons. The summed E-state index contributed by atoms with van der Waals surface area (Å²) in [5, 5.41) is 17.2. The van der Waals surface area contributed by atoms with Gasteiger partial charge in [-0.15, -0.1) is 0 Å². The van der Waals surface area contributed by atoms with E-state index in [1.807, 2.05) is 6.92 Å². The van der Waals surface area contributed by atoms with Crippen molar-refractivity contribution in [3.63, 3.8) is 0 Å². The quantitative estimate of drug-likeness (QED) is 0.467. The zero-order chi connectivity index (χ0) is 8.85. The van der Waals surface area contributed by atoms with Crippen LogP contribution in [0.1, 0.15) is 13.3 Å². The van der Waals surface area contributed by atoms with Crippen LogP contribution in [0.3, 0.4) is 0 Å². The Hall–Kier alpha value is -0.795. The fourth-order valence-corrected chi connectivity index (χ4v) is 0.429. The zero-order valence-corrected chi connectivity index (χ0v) is 6.75. The van der Waals surface area contributed by atoms with Crippen molar-refractivity contribution in [1.82, 2.24) is 0 Å². The molecule has 0 unspecified atom stereocenters. The molecule has 60 valence electrons. The van der Waals surface area contributed by atoms with Gasteiger partial charge in [0.15, 0.2) is 0 Å². The van der Waals surface area contributed by atoms with E-state index in [-0.39, 0.29) is 5.47 Å². The second kappa shape index (κ2) is 4.94. The predicted octanol–water partition coefficient (Wildman–Crippen LogP) is 1.08. The Balaban J connectivity index is 3.93. The average molecular weight is 152 g/mol. The van der Waals surface area contributed by atoms with Crippen molar-refractivity contribution in [3.8, 4) is 0 Å². The van der Waals surface area contributed by atoms with Gasteiger partial charge in [0.05, 0.1) is 0 Å². The standard InChI is InChI=1S/C8H13BO2/c1-4-7(2)5-6-8(3)9(10)11/h5-6,10-11H,2-4H2,1H3/b6-5-. The number of hydrogen-bond acceptors (Lipinski definition) is 2. The van der Waals surface area contributed by atoms with Gasteiger partial charge in [-0.05, 0) is 11.9 Å². The SMILES string of the molecule is C=C(/C=C\C(=C)B(O)O)CC. The van der Waals surface area contributed by atoms with Gasteiger partial charge in [-0.3, -0.25) is 0 Å². The van der Waals surface area contributed by atoms with E-state index in [4.69, 9.17) is 10.0 Å². The second-order valence-corrected chi connectivity index (χ2v) is 2.29. The summed E-state index contributed by atoms with van der Waals surface area (Å²) in [5.41, 5.74) is 1.21. The van der Waals surface area contributed by atoms with Crippen molar-refractivity contribution in [1.29, 1.82) is 0 Å². The Labute approximate surface area is 67.7 Å². The molecule has 0 saturated heterocycles. The van der Waals surface area contributed by atoms with Gasteiger partial charge >= 0.3 is 7.12 Å². The van der Waals surface area contributed by atoms with Crippen LogP contribution in [0.25, 0.3) is 0 Å². The maximum Gasteiger partial charge on any atom is 0.487 e. The molecule has 0 saturated carbocycles. The van der Waals surface area contributed by atoms with Gasteiger partial charge in [-0.1, -0.05) is 37.8 Å². The Morgan fingerprint density at radius 2 is 1.91 bits per heavy atom. The van der Waals surface area contributed by atoms with E-state index in [0.717, 1.165) is 12.0 Å². The first-order chi connectivity index (χ1) is 5.07. The van der Waals surface area contributed by atoms with Gasteiger partial charge in [0.2, 0.25) is 0 Å². The third kappa shape index (κ3) is 4.59. The molecule has 2 N–H and O–H groups in total. The smallest absolute Gasteiger partial charge is 0.423 e. The molecule has 0 aliphatic rings. The summed E-state index contributed by atoms with van der Waals surface area (Å²) in [5.74, 6) is 0. The fourth-order valence-electron chi connectivity index (χ4n) is 0.429. The lowest BCUT2D eigenvalue weighted by molar-refractivity contribution is 0.421. The molecule has 0 aliphatic heterocycles. The van der Waals surface area contributed by atoms with Crippen LogP contribution in [0.5, 0.6) is 0 Å². The van der Waals surface area contributed by atoms with Gasteiger partial charge in [0, 0.05) is 0 Å². The summed E-state index contributed by atoms with van der Waals surface area (Å²) in [6.07, 6.45) is 4.13. The van der Waals surface area contributed by atoms with E-state index in [0.29, 0.717) is 0 Å². The van der Waals surface area contributed by atoms with Crippen molar-refractivity contribution in [2.24, 2.45) is 0 Å². The van der Waals surface area contributed by atoms with Gasteiger partial charge in [-0.2, -0.15) is 0 Å². The summed E-state index contributed by atoms with van der Waals surface area (Å²) in [6.45, 7) is 9.12. The van der Waals surface area contributed by atoms with E-state index in [2.05, 4.69) is 13.2 Å². The molecule has 0 amide bonds. The molecule has 0 heterocycles. The maximum atomic E-state index is 8.58. The van der Waals surface area contributed by atoms with E-state index in [1.165, 1.54) is 0 Å². The highest BCUT2D eigenvalue weighted by atomic mass is 16.4. The molecule has 0 bridgehead atoms. The van der Waals surface area contributed by atoms with E-state index in [9.17, 15) is 0 Å². The highest BCUT2D eigenvalue weighted by molar-refractivity contribution is 6.51. The van der Waals surface area contributed by atoms with Crippen molar-refractivity contribution in [2.45, 2.75) is 13.3 Å². The molecule has 0 rings (SSSR count). The predicted molar refractivity (Wildman–Crippen MR) is 47.9 cm³/mol. The van der Waals surface area contributed by atoms with Crippen molar-refractivity contribution in [2.75, 3.05) is 0 Å². The summed E-state index contributed by atoms with van der Waals surface area (Å²) in [6, 6.07) is 0. The molecule has 0 fully saturated rings. The van der Waals surface area contributed by atoms with E-state index < -0.39 is 7.12 Å². The molecule has 3 heteroatoms. The van der Waals surface area contributed by atoms with Gasteiger partial charge in [-0.25, -0.2) is 0 Å². The minimum absolute atomic E-state index is 0.277. The van der Waals surface area contributed by atoms with Crippen molar-refractivity contribution in [3.05, 3.63) is 36.4 Å². The lowest BCUT2D eigenvalue weighted by atomic mass is 9.80. The first-order valence-electron chi connectivity index (χ1n) is 3.48. The molecule has 0 aliphatic carbocycles. The van der Waals surface area contributed by atoms with Crippen LogP contribution < -0.4 is 0 Å². The summed E-state index contributed by atoms with van der Waals surface area (Å²) < 4.78 is 0. The molecule has 0 spiro atoms. The van der Waals surface area contributed by atoms with Crippen LogP contribution in [0, 0.1) is 0 Å². The van der Waals surface area contributed by atoms with Crippen LogP contribution in [0.15, 0.2) is 36.4 Å². The lowest BCUT2D eigenvalue weighted by Crippen LogP contribution is -2.12. The summed E-state index contributed by atoms with van der Waals surface area (Å²) in [4.78, 5) is 0. The largest absolute Gasteiger partial charge is 0.487 e. The molecule has 0 atom stereocenters. The molecule has 2 nitrogen and oxygen atoms in total. The van der Waals surface area contributed by atoms with Crippen LogP contribution in [0.2, 0.25) is 0 Å². The monoisotopic (exact) mass is 152 g/mol. The van der Waals surface area contributed by atoms with Gasteiger partial charge in [0.25, 0.3) is 0 Å². The van der Waals surface area contributed by atoms with Crippen LogP contribution >= 0.6 is 0 Å². The molecule has 0 aromatic heterocycles. The topological polar surface area (TPSA) is 40.5 Å². The Bertz CT molecular complexity index is 183. The normalized spacial score (nSPS) is 10.1. The summed E-state index contributed by atoms with van der Waals surface area (Å²) >= 11 is 0. The highest BCUT2D eigenvalue weighted by Gasteiger charge is 2.07.